The molecular weight excluding hydrogens is 146 g/mol. The predicted octanol–water partition coefficient (Wildman–Crippen LogP) is -1.05. The zero-order valence-electron chi connectivity index (χ0n) is 5.78. The van der Waals surface area contributed by atoms with Crippen LogP contribution in [0.25, 0.3) is 0 Å². The second-order valence-electron chi connectivity index (χ2n) is 1.96. The molecule has 1 aliphatic rings. The Labute approximate surface area is 63.8 Å². The molecule has 0 saturated heterocycles. The minimum Gasteiger partial charge on any atom is -0.402 e. The molecule has 11 heavy (non-hydrogen) atoms. The van der Waals surface area contributed by atoms with Crippen molar-refractivity contribution in [2.45, 2.75) is 6.04 Å². The van der Waals surface area contributed by atoms with Gasteiger partial charge in [0.15, 0.2) is 0 Å². The van der Waals surface area contributed by atoms with Gasteiger partial charge in [-0.15, -0.1) is 0 Å². The molecular formula is C6H9N3O2. The lowest BCUT2D eigenvalue weighted by Gasteiger charge is -2.12. The maximum atomic E-state index is 10.6. The number of amides is 1. The minimum absolute atomic E-state index is 0.465. The Morgan fingerprint density at radius 2 is 2.36 bits per heavy atom. The summed E-state index contributed by atoms with van der Waals surface area (Å²) in [6.07, 6.45) is 6.36. The summed E-state index contributed by atoms with van der Waals surface area (Å²) in [7, 11) is 0. The van der Waals surface area contributed by atoms with Gasteiger partial charge in [-0.2, -0.15) is 0 Å². The van der Waals surface area contributed by atoms with Crippen LogP contribution in [-0.2, 0) is 9.63 Å². The van der Waals surface area contributed by atoms with Gasteiger partial charge in [-0.1, -0.05) is 17.7 Å². The van der Waals surface area contributed by atoms with E-state index >= 15 is 0 Å². The number of nitrogens with one attached hydrogen (secondary N) is 2. The zero-order valence-corrected chi connectivity index (χ0v) is 5.78. The Bertz CT molecular complexity index is 200. The van der Waals surface area contributed by atoms with Crippen molar-refractivity contribution in [1.29, 1.82) is 0 Å². The highest BCUT2D eigenvalue weighted by atomic mass is 16.7. The summed E-state index contributed by atoms with van der Waals surface area (Å²) in [5.41, 5.74) is 9.88. The molecule has 0 spiro atoms. The van der Waals surface area contributed by atoms with Crippen LogP contribution in [0.1, 0.15) is 0 Å². The van der Waals surface area contributed by atoms with Crippen LogP contribution in [0.5, 0.6) is 0 Å². The van der Waals surface area contributed by atoms with Gasteiger partial charge in [0.25, 0.3) is 0 Å². The molecule has 1 rings (SSSR count). The van der Waals surface area contributed by atoms with Gasteiger partial charge < -0.3 is 10.6 Å². The molecule has 1 heterocycles. The molecule has 0 aromatic rings. The van der Waals surface area contributed by atoms with E-state index in [-0.39, 0.29) is 0 Å². The number of carbonyl (C=O) groups is 1. The molecule has 1 amide bonds. The fourth-order valence-electron chi connectivity index (χ4n) is 0.606. The molecule has 0 saturated carbocycles. The Morgan fingerprint density at radius 3 is 3.09 bits per heavy atom. The van der Waals surface area contributed by atoms with E-state index in [0.29, 0.717) is 0 Å². The number of nitrogens with two attached hydrogens (primary N) is 1. The Morgan fingerprint density at radius 1 is 1.55 bits per heavy atom. The first kappa shape index (κ1) is 7.77. The van der Waals surface area contributed by atoms with Crippen molar-refractivity contribution < 1.29 is 9.63 Å². The molecule has 0 bridgehead atoms. The third kappa shape index (κ3) is 2.40. The fraction of sp³-hybridized carbons (Fsp3) is 0.167. The summed E-state index contributed by atoms with van der Waals surface area (Å²) in [5.74, 6) is -0.465. The lowest BCUT2D eigenvalue weighted by atomic mass is 10.2. The van der Waals surface area contributed by atoms with Gasteiger partial charge in [-0.25, -0.2) is 5.43 Å². The molecule has 0 aliphatic carbocycles. The molecule has 4 N–H and O–H groups in total. The zero-order chi connectivity index (χ0) is 8.10. The van der Waals surface area contributed by atoms with Crippen molar-refractivity contribution in [1.82, 2.24) is 11.0 Å². The highest BCUT2D eigenvalue weighted by Crippen LogP contribution is 1.88. The second kappa shape index (κ2) is 3.75. The van der Waals surface area contributed by atoms with E-state index in [1.807, 2.05) is 0 Å². The Hall–Kier alpha value is -1.33. The number of hydrogen-bond acceptors (Lipinski definition) is 4. The van der Waals surface area contributed by atoms with E-state index in [4.69, 9.17) is 5.73 Å². The smallest absolute Gasteiger partial charge is 0.239 e. The van der Waals surface area contributed by atoms with Gasteiger partial charge in [-0.05, 0) is 6.08 Å². The van der Waals surface area contributed by atoms with Gasteiger partial charge in [-0.3, -0.25) is 4.79 Å². The number of rotatable bonds is 1. The number of hydrazine groups is 1. The summed E-state index contributed by atoms with van der Waals surface area (Å²) < 4.78 is 0. The molecule has 0 fully saturated rings. The van der Waals surface area contributed by atoms with E-state index in [0.717, 1.165) is 0 Å². The van der Waals surface area contributed by atoms with Crippen LogP contribution in [0.2, 0.25) is 0 Å². The van der Waals surface area contributed by atoms with Gasteiger partial charge in [0.2, 0.25) is 5.91 Å². The van der Waals surface area contributed by atoms with Crippen LogP contribution in [0.4, 0.5) is 0 Å². The van der Waals surface area contributed by atoms with E-state index < -0.39 is 11.9 Å². The summed E-state index contributed by atoms with van der Waals surface area (Å²) in [6.45, 7) is 0. The maximum Gasteiger partial charge on any atom is 0.239 e. The largest absolute Gasteiger partial charge is 0.402 e. The van der Waals surface area contributed by atoms with Crippen LogP contribution in [-0.4, -0.2) is 11.9 Å². The standard InChI is InChI=1S/C6H9N3O2/c7-6(10)5-3-1-2-4-11-9-8-5/h1-5,8-9H,(H2,7,10). The molecule has 1 unspecified atom stereocenters. The quantitative estimate of drug-likeness (QED) is 0.451. The first-order chi connectivity index (χ1) is 5.30. The van der Waals surface area contributed by atoms with Crippen LogP contribution in [0.15, 0.2) is 24.5 Å². The van der Waals surface area contributed by atoms with Crippen LogP contribution in [0, 0.1) is 0 Å². The molecule has 1 atom stereocenters. The second-order valence-corrected chi connectivity index (χ2v) is 1.96. The normalized spacial score (nSPS) is 23.5. The van der Waals surface area contributed by atoms with E-state index in [9.17, 15) is 4.79 Å². The third-order valence-corrected chi connectivity index (χ3v) is 1.14. The number of hydrogen-bond donors (Lipinski definition) is 3. The van der Waals surface area contributed by atoms with Gasteiger partial charge >= 0.3 is 0 Å². The lowest BCUT2D eigenvalue weighted by Crippen LogP contribution is -2.46. The van der Waals surface area contributed by atoms with Crippen molar-refractivity contribution in [3.05, 3.63) is 24.5 Å². The maximum absolute atomic E-state index is 10.6. The highest BCUT2D eigenvalue weighted by Gasteiger charge is 2.09. The first-order valence-electron chi connectivity index (χ1n) is 3.09. The Kier molecular flexibility index (Phi) is 2.65. The molecule has 5 heteroatoms. The molecule has 0 aromatic carbocycles. The molecule has 5 nitrogen and oxygen atoms in total. The number of allylic oxidation sites excluding steroid dienone is 2. The fourth-order valence-corrected chi connectivity index (χ4v) is 0.606. The lowest BCUT2D eigenvalue weighted by molar-refractivity contribution is -0.120. The summed E-state index contributed by atoms with van der Waals surface area (Å²) in [6, 6.07) is -0.542. The monoisotopic (exact) mass is 155 g/mol. The van der Waals surface area contributed by atoms with Crippen LogP contribution < -0.4 is 16.7 Å². The predicted molar refractivity (Wildman–Crippen MR) is 38.6 cm³/mol. The van der Waals surface area contributed by atoms with E-state index in [1.54, 1.807) is 18.2 Å². The summed E-state index contributed by atoms with van der Waals surface area (Å²) >= 11 is 0. The molecule has 0 radical (unpaired) electrons. The van der Waals surface area contributed by atoms with Crippen molar-refractivity contribution >= 4 is 5.91 Å². The van der Waals surface area contributed by atoms with Crippen molar-refractivity contribution in [3.8, 4) is 0 Å². The van der Waals surface area contributed by atoms with Gasteiger partial charge in [0, 0.05) is 0 Å². The number of carbonyl (C=O) groups excluding carboxylic acids is 1. The molecule has 1 aliphatic heterocycles. The average Bonchev–Trinajstić information content (AvgIpc) is 1.84. The highest BCUT2D eigenvalue weighted by molar-refractivity contribution is 5.81. The van der Waals surface area contributed by atoms with Crippen molar-refractivity contribution in [2.75, 3.05) is 0 Å². The van der Waals surface area contributed by atoms with Gasteiger partial charge in [0.05, 0.1) is 0 Å². The summed E-state index contributed by atoms with van der Waals surface area (Å²) in [4.78, 5) is 15.3. The van der Waals surface area contributed by atoms with Crippen LogP contribution >= 0.6 is 0 Å². The molecule has 60 valence electrons. The van der Waals surface area contributed by atoms with Gasteiger partial charge in [0.1, 0.15) is 12.3 Å². The van der Waals surface area contributed by atoms with Crippen molar-refractivity contribution in [3.63, 3.8) is 0 Å². The van der Waals surface area contributed by atoms with E-state index in [2.05, 4.69) is 15.9 Å². The van der Waals surface area contributed by atoms with Crippen LogP contribution in [0.3, 0.4) is 0 Å². The molecule has 0 aromatic heterocycles. The SMILES string of the molecule is NC(=O)C1C=CC=CONN1. The summed E-state index contributed by atoms with van der Waals surface area (Å²) in [5, 5.41) is 0. The van der Waals surface area contributed by atoms with E-state index in [1.165, 1.54) is 6.26 Å². The first-order valence-corrected chi connectivity index (χ1v) is 3.09. The average molecular weight is 155 g/mol. The topological polar surface area (TPSA) is 76.4 Å². The third-order valence-electron chi connectivity index (χ3n) is 1.14. The number of primary amides is 1. The minimum atomic E-state index is -0.542. The van der Waals surface area contributed by atoms with Crippen molar-refractivity contribution in [2.24, 2.45) is 5.73 Å². The Balaban J connectivity index is 2.58.